The molecule has 1 aromatic carbocycles. The monoisotopic (exact) mass is 494 g/mol. The van der Waals surface area contributed by atoms with E-state index in [1.165, 1.54) is 4.90 Å². The van der Waals surface area contributed by atoms with Crippen LogP contribution in [0.25, 0.3) is 10.9 Å². The molecule has 1 N–H and O–H groups in total. The second-order valence-electron chi connectivity index (χ2n) is 10.1. The minimum absolute atomic E-state index is 0.190. The number of hydrogen-bond acceptors (Lipinski definition) is 6. The van der Waals surface area contributed by atoms with Gasteiger partial charge in [-0.25, -0.2) is 4.79 Å². The molecule has 9 heteroatoms. The van der Waals surface area contributed by atoms with Gasteiger partial charge in [0.25, 0.3) is 5.91 Å². The van der Waals surface area contributed by atoms with E-state index in [0.717, 1.165) is 29.3 Å². The van der Waals surface area contributed by atoms with Gasteiger partial charge in [-0.3, -0.25) is 29.6 Å². The Morgan fingerprint density at radius 3 is 2.39 bits per heavy atom. The number of benzene rings is 1. The summed E-state index contributed by atoms with van der Waals surface area (Å²) in [5, 5.41) is 3.10. The molecule has 1 aromatic heterocycles. The van der Waals surface area contributed by atoms with Crippen molar-refractivity contribution in [1.29, 1.82) is 0 Å². The number of aromatic nitrogens is 1. The number of carbonyl (C=O) groups is 4. The van der Waals surface area contributed by atoms with E-state index in [0.29, 0.717) is 30.8 Å². The molecule has 0 aliphatic carbocycles. The van der Waals surface area contributed by atoms with Gasteiger partial charge >= 0.3 is 6.09 Å². The van der Waals surface area contributed by atoms with Gasteiger partial charge in [-0.2, -0.15) is 0 Å². The van der Waals surface area contributed by atoms with Gasteiger partial charge in [0, 0.05) is 31.1 Å². The van der Waals surface area contributed by atoms with Crippen LogP contribution in [-0.2, 0) is 14.3 Å². The van der Waals surface area contributed by atoms with Crippen LogP contribution in [-0.4, -0.2) is 58.4 Å². The van der Waals surface area contributed by atoms with Crippen LogP contribution in [0.3, 0.4) is 0 Å². The van der Waals surface area contributed by atoms with Crippen molar-refractivity contribution in [3.05, 3.63) is 35.5 Å². The van der Waals surface area contributed by atoms with Crippen molar-refractivity contribution in [3.63, 3.8) is 0 Å². The zero-order chi connectivity index (χ0) is 26.2. The number of piperidine rings is 2. The van der Waals surface area contributed by atoms with E-state index in [2.05, 4.69) is 10.3 Å². The second-order valence-corrected chi connectivity index (χ2v) is 10.1. The number of amides is 4. The third-order valence-corrected chi connectivity index (χ3v) is 6.72. The lowest BCUT2D eigenvalue weighted by molar-refractivity contribution is -0.134. The number of anilines is 1. The maximum atomic E-state index is 13.3. The zero-order valence-corrected chi connectivity index (χ0v) is 21.6. The molecule has 192 valence electrons. The van der Waals surface area contributed by atoms with E-state index in [9.17, 15) is 19.2 Å². The Morgan fingerprint density at radius 2 is 1.75 bits per heavy atom. The zero-order valence-electron chi connectivity index (χ0n) is 21.6. The van der Waals surface area contributed by atoms with Crippen molar-refractivity contribution >= 4 is 40.4 Å². The lowest BCUT2D eigenvalue weighted by Crippen LogP contribution is -2.53. The molecule has 1 atom stereocenters. The highest BCUT2D eigenvalue weighted by atomic mass is 16.6. The first kappa shape index (κ1) is 25.6. The molecule has 2 saturated heterocycles. The summed E-state index contributed by atoms with van der Waals surface area (Å²) in [5.41, 5.74) is 2.46. The molecular formula is C27H34N4O5. The molecular weight excluding hydrogens is 460 g/mol. The number of nitrogens with one attached hydrogen (secondary N) is 1. The van der Waals surface area contributed by atoms with Crippen LogP contribution in [0.15, 0.2) is 24.4 Å². The smallest absolute Gasteiger partial charge is 0.410 e. The van der Waals surface area contributed by atoms with Crippen LogP contribution in [0.2, 0.25) is 0 Å². The Morgan fingerprint density at radius 1 is 1.06 bits per heavy atom. The van der Waals surface area contributed by atoms with Gasteiger partial charge in [0.15, 0.2) is 0 Å². The van der Waals surface area contributed by atoms with E-state index in [1.54, 1.807) is 17.2 Å². The molecule has 0 radical (unpaired) electrons. The topological polar surface area (TPSA) is 109 Å². The predicted octanol–water partition coefficient (Wildman–Crippen LogP) is 4.14. The average Bonchev–Trinajstić information content (AvgIpc) is 3.13. The Kier molecular flexibility index (Phi) is 7.02. The van der Waals surface area contributed by atoms with Crippen LogP contribution < -0.4 is 10.2 Å². The van der Waals surface area contributed by atoms with Crippen LogP contribution in [0.5, 0.6) is 0 Å². The van der Waals surface area contributed by atoms with Gasteiger partial charge in [-0.05, 0) is 63.6 Å². The molecule has 2 fully saturated rings. The van der Waals surface area contributed by atoms with E-state index < -0.39 is 17.6 Å². The fourth-order valence-corrected chi connectivity index (χ4v) is 5.16. The summed E-state index contributed by atoms with van der Waals surface area (Å²) in [7, 11) is 0. The summed E-state index contributed by atoms with van der Waals surface area (Å²) < 4.78 is 5.50. The number of carbonyl (C=O) groups excluding carboxylic acids is 4. The Labute approximate surface area is 211 Å². The number of nitrogens with zero attached hydrogens (tertiary/aromatic N) is 3. The first-order chi connectivity index (χ1) is 17.1. The molecule has 3 aliphatic heterocycles. The summed E-state index contributed by atoms with van der Waals surface area (Å²) in [5.74, 6) is -0.813. The van der Waals surface area contributed by atoms with E-state index in [1.807, 2.05) is 46.8 Å². The molecule has 9 nitrogen and oxygen atoms in total. The highest BCUT2D eigenvalue weighted by molar-refractivity contribution is 6.27. The SMILES string of the molecule is CC.CC(C)(C)OC(=O)N1CCC(c2ccc3c4c(ccnc24)N(C2CCC(=O)NC2=O)C3=O)CC1. The molecule has 4 heterocycles. The second kappa shape index (κ2) is 9.87. The van der Waals surface area contributed by atoms with E-state index in [-0.39, 0.29) is 30.2 Å². The average molecular weight is 495 g/mol. The Bertz CT molecular complexity index is 1210. The molecule has 0 spiro atoms. The molecule has 1 unspecified atom stereocenters. The van der Waals surface area contributed by atoms with Gasteiger partial charge in [0.2, 0.25) is 11.8 Å². The number of imide groups is 1. The summed E-state index contributed by atoms with van der Waals surface area (Å²) in [6.07, 6.45) is 3.40. The lowest BCUT2D eigenvalue weighted by atomic mass is 9.87. The molecule has 3 aliphatic rings. The lowest BCUT2D eigenvalue weighted by Gasteiger charge is -2.33. The molecule has 0 bridgehead atoms. The van der Waals surface area contributed by atoms with Crippen LogP contribution in [0.1, 0.15) is 82.1 Å². The quantitative estimate of drug-likeness (QED) is 0.629. The molecule has 0 saturated carbocycles. The number of pyridine rings is 1. The molecule has 2 aromatic rings. The van der Waals surface area contributed by atoms with Crippen molar-refractivity contribution in [2.75, 3.05) is 18.0 Å². The van der Waals surface area contributed by atoms with Crippen molar-refractivity contribution in [2.45, 2.75) is 77.9 Å². The van der Waals surface area contributed by atoms with Gasteiger partial charge in [0.05, 0.1) is 16.8 Å². The summed E-state index contributed by atoms with van der Waals surface area (Å²) in [6, 6.07) is 4.81. The summed E-state index contributed by atoms with van der Waals surface area (Å²) >= 11 is 0. The highest BCUT2D eigenvalue weighted by Crippen LogP contribution is 2.42. The fourth-order valence-electron chi connectivity index (χ4n) is 5.16. The first-order valence-corrected chi connectivity index (χ1v) is 12.7. The molecule has 36 heavy (non-hydrogen) atoms. The van der Waals surface area contributed by atoms with Crippen molar-refractivity contribution in [3.8, 4) is 0 Å². The van der Waals surface area contributed by atoms with Gasteiger partial charge < -0.3 is 9.64 Å². The third kappa shape index (κ3) is 4.66. The standard InChI is InChI=1S/C25H28N4O5.C2H6/c1-25(2,3)34-24(33)28-12-9-14(10-13-28)15-4-5-16-20-17(8-11-26-21(15)20)29(23(16)32)18-6-7-19(30)27-22(18)31;1-2/h4-5,8,11,14,18H,6-7,9-10,12-13H2,1-3H3,(H,27,30,31);1-2H3. The maximum Gasteiger partial charge on any atom is 0.410 e. The number of hydrogen-bond donors (Lipinski definition) is 1. The van der Waals surface area contributed by atoms with Crippen molar-refractivity contribution in [1.82, 2.24) is 15.2 Å². The number of ether oxygens (including phenoxy) is 1. The Hall–Kier alpha value is -3.49. The largest absolute Gasteiger partial charge is 0.444 e. The van der Waals surface area contributed by atoms with Crippen LogP contribution in [0, 0.1) is 0 Å². The summed E-state index contributed by atoms with van der Waals surface area (Å²) in [4.78, 5) is 57.7. The van der Waals surface area contributed by atoms with Crippen LogP contribution in [0.4, 0.5) is 10.5 Å². The van der Waals surface area contributed by atoms with Crippen molar-refractivity contribution < 1.29 is 23.9 Å². The fraction of sp³-hybridized carbons (Fsp3) is 0.519. The van der Waals surface area contributed by atoms with E-state index >= 15 is 0 Å². The predicted molar refractivity (Wildman–Crippen MR) is 136 cm³/mol. The van der Waals surface area contributed by atoms with Gasteiger partial charge in [-0.15, -0.1) is 0 Å². The third-order valence-electron chi connectivity index (χ3n) is 6.72. The van der Waals surface area contributed by atoms with E-state index in [4.69, 9.17) is 4.74 Å². The molecule has 4 amide bonds. The number of likely N-dealkylation sites (tertiary alicyclic amines) is 1. The highest BCUT2D eigenvalue weighted by Gasteiger charge is 2.41. The molecule has 5 rings (SSSR count). The normalized spacial score (nSPS) is 20.2. The van der Waals surface area contributed by atoms with Gasteiger partial charge in [0.1, 0.15) is 11.6 Å². The van der Waals surface area contributed by atoms with Gasteiger partial charge in [-0.1, -0.05) is 19.9 Å². The summed E-state index contributed by atoms with van der Waals surface area (Å²) in [6.45, 7) is 10.7. The minimum atomic E-state index is -0.719. The Balaban J connectivity index is 0.00000148. The first-order valence-electron chi connectivity index (χ1n) is 12.7. The van der Waals surface area contributed by atoms with Crippen LogP contribution >= 0.6 is 0 Å². The minimum Gasteiger partial charge on any atom is -0.444 e. The maximum absolute atomic E-state index is 13.3. The van der Waals surface area contributed by atoms with Crippen molar-refractivity contribution in [2.24, 2.45) is 0 Å². The number of rotatable bonds is 2.